The number of nitrogens with zero attached hydrogens (tertiary/aromatic N) is 5. The SMILES string of the molecule is [2H]C1=NC(SC)N(Cc2cc([N+](=O)[O-])ccc2Cl)c2c(C(C)C)cnn21. The first-order valence-electron chi connectivity index (χ1n) is 8.18. The van der Waals surface area contributed by atoms with Gasteiger partial charge in [0.1, 0.15) is 13.5 Å². The Morgan fingerprint density at radius 1 is 1.52 bits per heavy atom. The van der Waals surface area contributed by atoms with Crippen molar-refractivity contribution in [3.8, 4) is 0 Å². The van der Waals surface area contributed by atoms with Crippen LogP contribution in [0, 0.1) is 10.1 Å². The number of halogens is 1. The second kappa shape index (κ2) is 7.05. The first-order valence-corrected chi connectivity index (χ1v) is 9.35. The number of hydrogen-bond donors (Lipinski definition) is 0. The molecule has 1 aromatic heterocycles. The molecule has 0 saturated carbocycles. The summed E-state index contributed by atoms with van der Waals surface area (Å²) in [6.07, 6.45) is 3.73. The van der Waals surface area contributed by atoms with Crippen molar-refractivity contribution in [1.29, 1.82) is 0 Å². The van der Waals surface area contributed by atoms with Gasteiger partial charge in [0.05, 0.1) is 11.1 Å². The molecule has 0 fully saturated rings. The summed E-state index contributed by atoms with van der Waals surface area (Å²) >= 11 is 7.77. The van der Waals surface area contributed by atoms with E-state index >= 15 is 0 Å². The smallest absolute Gasteiger partial charge is 0.269 e. The topological polar surface area (TPSA) is 76.6 Å². The molecule has 2 aromatic rings. The van der Waals surface area contributed by atoms with E-state index in [1.165, 1.54) is 34.6 Å². The largest absolute Gasteiger partial charge is 0.321 e. The summed E-state index contributed by atoms with van der Waals surface area (Å²) in [6.45, 7) is 4.44. The normalized spacial score (nSPS) is 17.3. The van der Waals surface area contributed by atoms with Gasteiger partial charge in [-0.2, -0.15) is 5.10 Å². The molecule has 1 atom stereocenters. The van der Waals surface area contributed by atoms with Crippen LogP contribution in [-0.2, 0) is 6.54 Å². The van der Waals surface area contributed by atoms with Crippen LogP contribution < -0.4 is 4.90 Å². The van der Waals surface area contributed by atoms with Crippen LogP contribution in [0.5, 0.6) is 0 Å². The number of hydrogen-bond acceptors (Lipinski definition) is 6. The summed E-state index contributed by atoms with van der Waals surface area (Å²) in [4.78, 5) is 17.0. The number of aromatic nitrogens is 2. The third kappa shape index (κ3) is 3.36. The van der Waals surface area contributed by atoms with E-state index in [4.69, 9.17) is 13.0 Å². The minimum Gasteiger partial charge on any atom is -0.321 e. The summed E-state index contributed by atoms with van der Waals surface area (Å²) in [6, 6.07) is 4.40. The van der Waals surface area contributed by atoms with E-state index in [9.17, 15) is 10.1 Å². The third-order valence-electron chi connectivity index (χ3n) is 3.99. The average Bonchev–Trinajstić information content (AvgIpc) is 3.04. The lowest BCUT2D eigenvalue weighted by atomic mass is 10.1. The van der Waals surface area contributed by atoms with Gasteiger partial charge >= 0.3 is 0 Å². The second-order valence-corrected chi connectivity index (χ2v) is 7.24. The van der Waals surface area contributed by atoms with Gasteiger partial charge < -0.3 is 4.90 Å². The van der Waals surface area contributed by atoms with Gasteiger partial charge in [-0.15, -0.1) is 11.8 Å². The van der Waals surface area contributed by atoms with Crippen LogP contribution in [0.3, 0.4) is 0 Å². The van der Waals surface area contributed by atoms with Crippen LogP contribution in [0.25, 0.3) is 0 Å². The molecule has 0 bridgehead atoms. The van der Waals surface area contributed by atoms with Gasteiger partial charge in [-0.3, -0.25) is 10.1 Å². The lowest BCUT2D eigenvalue weighted by molar-refractivity contribution is -0.384. The zero-order valence-corrected chi connectivity index (χ0v) is 15.6. The number of aliphatic imine (C=N–C) groups is 1. The summed E-state index contributed by atoms with van der Waals surface area (Å²) in [5.74, 6) is 0.983. The van der Waals surface area contributed by atoms with Crippen LogP contribution in [0.2, 0.25) is 5.02 Å². The number of rotatable bonds is 5. The van der Waals surface area contributed by atoms with Gasteiger partial charge in [-0.05, 0) is 23.8 Å². The Labute approximate surface area is 156 Å². The Kier molecular flexibility index (Phi) is 4.63. The van der Waals surface area contributed by atoms with E-state index in [-0.39, 0.29) is 23.4 Å². The molecule has 0 aliphatic carbocycles. The fourth-order valence-electron chi connectivity index (χ4n) is 2.71. The van der Waals surface area contributed by atoms with Gasteiger partial charge in [0, 0.05) is 29.3 Å². The molecule has 0 N–H and O–H groups in total. The van der Waals surface area contributed by atoms with Crippen molar-refractivity contribution in [3.63, 3.8) is 0 Å². The number of non-ortho nitro benzene ring substituents is 1. The molecular weight excluding hydrogens is 362 g/mol. The maximum absolute atomic E-state index is 11.1. The van der Waals surface area contributed by atoms with E-state index in [0.717, 1.165) is 11.4 Å². The monoisotopic (exact) mass is 380 g/mol. The molecule has 0 amide bonds. The highest BCUT2D eigenvalue weighted by atomic mass is 35.5. The first kappa shape index (κ1) is 16.4. The number of nitro benzene ring substituents is 1. The van der Waals surface area contributed by atoms with E-state index in [1.54, 1.807) is 6.20 Å². The first-order chi connectivity index (χ1) is 12.3. The number of anilines is 1. The van der Waals surface area contributed by atoms with Crippen LogP contribution in [-0.4, -0.2) is 32.8 Å². The summed E-state index contributed by atoms with van der Waals surface area (Å²) in [5, 5.41) is 15.9. The molecule has 7 nitrogen and oxygen atoms in total. The number of benzene rings is 1. The molecule has 1 unspecified atom stereocenters. The van der Waals surface area contributed by atoms with Crippen molar-refractivity contribution in [2.45, 2.75) is 31.8 Å². The van der Waals surface area contributed by atoms with Crippen LogP contribution in [0.15, 0.2) is 29.4 Å². The Morgan fingerprint density at radius 3 is 2.92 bits per heavy atom. The second-order valence-electron chi connectivity index (χ2n) is 5.94. The lowest BCUT2D eigenvalue weighted by Gasteiger charge is -2.33. The van der Waals surface area contributed by atoms with Crippen LogP contribution in [0.4, 0.5) is 11.5 Å². The molecule has 1 aromatic carbocycles. The average molecular weight is 381 g/mol. The fraction of sp³-hybridized carbons (Fsp3) is 0.375. The Balaban J connectivity index is 2.08. The highest BCUT2D eigenvalue weighted by Gasteiger charge is 2.29. The Bertz CT molecular complexity index is 886. The predicted molar refractivity (Wildman–Crippen MR) is 102 cm³/mol. The maximum Gasteiger partial charge on any atom is 0.269 e. The maximum atomic E-state index is 11.1. The Hall–Kier alpha value is -2.06. The van der Waals surface area contributed by atoms with Gasteiger partial charge in [-0.25, -0.2) is 9.67 Å². The quantitative estimate of drug-likeness (QED) is 0.576. The van der Waals surface area contributed by atoms with E-state index in [1.807, 2.05) is 11.2 Å². The summed E-state index contributed by atoms with van der Waals surface area (Å²) in [7, 11) is 0. The molecule has 1 aliphatic rings. The predicted octanol–water partition coefficient (Wildman–Crippen LogP) is 4.11. The van der Waals surface area contributed by atoms with Gasteiger partial charge in [0.2, 0.25) is 0 Å². The lowest BCUT2D eigenvalue weighted by Crippen LogP contribution is -2.37. The Morgan fingerprint density at radius 2 is 2.28 bits per heavy atom. The van der Waals surface area contributed by atoms with Gasteiger partial charge in [0.15, 0.2) is 5.50 Å². The van der Waals surface area contributed by atoms with Crippen LogP contribution in [0.1, 0.15) is 32.3 Å². The molecule has 0 spiro atoms. The van der Waals surface area contributed by atoms with Gasteiger partial charge in [-0.1, -0.05) is 25.4 Å². The van der Waals surface area contributed by atoms with E-state index in [2.05, 4.69) is 23.9 Å². The standard InChI is InChI=1S/C16H18ClN5O2S/c1-10(2)13-7-19-21-9-18-16(25-3)20(15(13)21)8-11-6-12(22(23)24)4-5-14(11)17/h4-7,9-10,16H,8H2,1-3H3/i9D. The highest BCUT2D eigenvalue weighted by molar-refractivity contribution is 7.99. The van der Waals surface area contributed by atoms with Crippen LogP contribution >= 0.6 is 23.4 Å². The van der Waals surface area contributed by atoms with Crippen molar-refractivity contribution in [2.75, 3.05) is 11.2 Å². The number of nitro groups is 1. The minimum absolute atomic E-state index is 0.00983. The van der Waals surface area contributed by atoms with Crippen molar-refractivity contribution >= 4 is 41.2 Å². The van der Waals surface area contributed by atoms with Crippen molar-refractivity contribution in [3.05, 3.63) is 50.7 Å². The van der Waals surface area contributed by atoms with Crippen molar-refractivity contribution < 1.29 is 6.29 Å². The highest BCUT2D eigenvalue weighted by Crippen LogP contribution is 2.35. The minimum atomic E-state index is -0.439. The van der Waals surface area contributed by atoms with Gasteiger partial charge in [0.25, 0.3) is 5.69 Å². The molecule has 3 rings (SSSR count). The molecule has 25 heavy (non-hydrogen) atoms. The zero-order chi connectivity index (χ0) is 19.0. The molecule has 0 radical (unpaired) electrons. The van der Waals surface area contributed by atoms with Crippen molar-refractivity contribution in [2.24, 2.45) is 4.99 Å². The molecule has 0 saturated heterocycles. The molecule has 9 heteroatoms. The number of thioether (sulfide) groups is 1. The molecule has 132 valence electrons. The summed E-state index contributed by atoms with van der Waals surface area (Å²) < 4.78 is 9.63. The third-order valence-corrected chi connectivity index (χ3v) is 5.14. The number of fused-ring (bicyclic) bond motifs is 1. The fourth-order valence-corrected chi connectivity index (χ4v) is 3.47. The molecule has 1 aliphatic heterocycles. The molecular formula is C16H18ClN5O2S. The zero-order valence-electron chi connectivity index (χ0n) is 15.0. The molecule has 2 heterocycles. The van der Waals surface area contributed by atoms with E-state index in [0.29, 0.717) is 17.1 Å². The van der Waals surface area contributed by atoms with Crippen molar-refractivity contribution in [1.82, 2.24) is 9.78 Å². The van der Waals surface area contributed by atoms with E-state index < -0.39 is 4.92 Å². The summed E-state index contributed by atoms with van der Waals surface area (Å²) in [5.41, 5.74) is 1.28.